The van der Waals surface area contributed by atoms with Crippen LogP contribution in [0.15, 0.2) is 6.20 Å². The number of fused-ring (bicyclic) bond motifs is 1. The molecule has 0 unspecified atom stereocenters. The summed E-state index contributed by atoms with van der Waals surface area (Å²) in [5.41, 5.74) is 1.08. The smallest absolute Gasteiger partial charge is 0.407 e. The minimum Gasteiger partial charge on any atom is -0.444 e. The maximum absolute atomic E-state index is 11.7. The van der Waals surface area contributed by atoms with Crippen molar-refractivity contribution < 1.29 is 14.3 Å². The van der Waals surface area contributed by atoms with Crippen molar-refractivity contribution in [2.45, 2.75) is 78.1 Å². The molecule has 8 nitrogen and oxygen atoms in total. The summed E-state index contributed by atoms with van der Waals surface area (Å²) in [4.78, 5) is 25.0. The van der Waals surface area contributed by atoms with Crippen molar-refractivity contribution in [1.82, 2.24) is 24.8 Å². The van der Waals surface area contributed by atoms with Crippen molar-refractivity contribution >= 4 is 38.9 Å². The summed E-state index contributed by atoms with van der Waals surface area (Å²) >= 11 is 0. The Morgan fingerprint density at radius 3 is 2.63 bits per heavy atom. The third-order valence-electron chi connectivity index (χ3n) is 4.27. The Morgan fingerprint density at radius 1 is 1.23 bits per heavy atom. The molecule has 0 aromatic carbocycles. The molecule has 1 N–H and O–H groups in total. The number of rotatable bonds is 10. The third kappa shape index (κ3) is 8.43. The van der Waals surface area contributed by atoms with Gasteiger partial charge in [-0.15, -0.1) is 0 Å². The highest BCUT2D eigenvalue weighted by Gasteiger charge is 2.17. The van der Waals surface area contributed by atoms with Gasteiger partial charge < -0.3 is 14.8 Å². The Hall–Kier alpha value is -1.94. The van der Waals surface area contributed by atoms with Crippen LogP contribution in [0.4, 0.5) is 4.79 Å². The number of nitrogens with zero attached hydrogens (tertiary/aromatic N) is 4. The molecule has 2 radical (unpaired) electrons. The van der Waals surface area contributed by atoms with Crippen LogP contribution >= 0.6 is 0 Å². The van der Waals surface area contributed by atoms with Crippen LogP contribution in [-0.4, -0.2) is 60.3 Å². The van der Waals surface area contributed by atoms with E-state index in [-0.39, 0.29) is 0 Å². The van der Waals surface area contributed by atoms with Gasteiger partial charge in [0.1, 0.15) is 26.0 Å². The van der Waals surface area contributed by atoms with Crippen LogP contribution in [0, 0.1) is 0 Å². The topological polar surface area (TPSA) is 91.2 Å². The summed E-state index contributed by atoms with van der Waals surface area (Å²) in [6.07, 6.45) is 3.51. The third-order valence-corrected chi connectivity index (χ3v) is 5.97. The van der Waals surface area contributed by atoms with E-state index in [1.807, 2.05) is 25.3 Å². The molecule has 1 amide bonds. The Labute approximate surface area is 181 Å². The zero-order chi connectivity index (χ0) is 22.4. The van der Waals surface area contributed by atoms with Crippen LogP contribution in [0.3, 0.4) is 0 Å². The number of nitrogens with one attached hydrogen (secondary N) is 1. The first-order valence-corrected chi connectivity index (χ1v) is 14.2. The molecule has 30 heavy (non-hydrogen) atoms. The fraction of sp³-hybridized carbons (Fsp3) is 0.700. The van der Waals surface area contributed by atoms with Gasteiger partial charge >= 0.3 is 6.09 Å². The predicted molar refractivity (Wildman–Crippen MR) is 122 cm³/mol. The van der Waals surface area contributed by atoms with Crippen LogP contribution in [-0.2, 0) is 22.6 Å². The van der Waals surface area contributed by atoms with Gasteiger partial charge in [0.2, 0.25) is 0 Å². The van der Waals surface area contributed by atoms with Gasteiger partial charge in [0.25, 0.3) is 0 Å². The summed E-state index contributed by atoms with van der Waals surface area (Å²) in [7, 11) is 4.67. The second kappa shape index (κ2) is 10.4. The fourth-order valence-electron chi connectivity index (χ4n) is 2.72. The molecule has 0 aliphatic heterocycles. The number of hydrogen-bond donors (Lipinski definition) is 1. The van der Waals surface area contributed by atoms with Gasteiger partial charge in [-0.25, -0.2) is 19.7 Å². The second-order valence-electron chi connectivity index (χ2n) is 9.63. The van der Waals surface area contributed by atoms with E-state index in [4.69, 9.17) is 17.3 Å². The number of ether oxygens (including phenoxy) is 2. The van der Waals surface area contributed by atoms with E-state index in [1.54, 1.807) is 0 Å². The molecule has 0 aliphatic rings. The molecule has 0 bridgehead atoms. The number of carbonyl (C=O) groups is 1. The van der Waals surface area contributed by atoms with Crippen LogP contribution in [0.5, 0.6) is 0 Å². The number of hydrogen-bond acceptors (Lipinski definition) is 6. The Kier molecular flexibility index (Phi) is 8.43. The highest BCUT2D eigenvalue weighted by Crippen LogP contribution is 2.15. The Bertz CT molecular complexity index is 845. The maximum atomic E-state index is 11.7. The average molecular weight is 431 g/mol. The molecule has 2 heterocycles. The van der Waals surface area contributed by atoms with E-state index in [2.05, 4.69) is 39.9 Å². The van der Waals surface area contributed by atoms with E-state index in [9.17, 15) is 4.79 Å². The largest absolute Gasteiger partial charge is 0.444 e. The molecule has 0 saturated heterocycles. The van der Waals surface area contributed by atoms with Gasteiger partial charge in [-0.1, -0.05) is 19.6 Å². The molecule has 10 heteroatoms. The van der Waals surface area contributed by atoms with Crippen molar-refractivity contribution in [3.8, 4) is 0 Å². The first-order chi connectivity index (χ1) is 13.9. The standard InChI is InChI=1S/C20H34BN5O3Si/c1-20(2,3)29-19(27)22-10-8-7-9-16-25-17-18(24-15(21)13-23-17)26(16)14-28-11-12-30(4,5)6/h13H,7-12,14H2,1-6H3,(H,22,27). The second-order valence-corrected chi connectivity index (χ2v) is 15.3. The van der Waals surface area contributed by atoms with Crippen molar-refractivity contribution in [1.29, 1.82) is 0 Å². The van der Waals surface area contributed by atoms with Crippen LogP contribution in [0.1, 0.15) is 39.4 Å². The number of unbranched alkanes of at least 4 members (excludes halogenated alkanes) is 1. The van der Waals surface area contributed by atoms with E-state index in [1.165, 1.54) is 6.20 Å². The number of alkyl carbamates (subject to hydrolysis) is 1. The zero-order valence-corrected chi connectivity index (χ0v) is 20.1. The van der Waals surface area contributed by atoms with Gasteiger partial charge in [0.05, 0.1) is 0 Å². The molecule has 0 atom stereocenters. The number of aromatic nitrogens is 4. The van der Waals surface area contributed by atoms with Gasteiger partial charge in [-0.2, -0.15) is 0 Å². The van der Waals surface area contributed by atoms with Gasteiger partial charge in [0, 0.05) is 39.4 Å². The van der Waals surface area contributed by atoms with Gasteiger partial charge in [0.15, 0.2) is 11.3 Å². The SMILES string of the molecule is [B]c1cnc2nc(CCCCNC(=O)OC(C)(C)C)n(COCC[Si](C)(C)C)c2n1. The number of aryl methyl sites for hydroxylation is 1. The fourth-order valence-corrected chi connectivity index (χ4v) is 3.48. The molecule has 0 saturated carbocycles. The summed E-state index contributed by atoms with van der Waals surface area (Å²) in [5.74, 6) is 0.862. The molecule has 2 aromatic heterocycles. The van der Waals surface area contributed by atoms with Gasteiger partial charge in [-0.3, -0.25) is 4.57 Å². The highest BCUT2D eigenvalue weighted by atomic mass is 28.3. The van der Waals surface area contributed by atoms with Crippen molar-refractivity contribution in [2.75, 3.05) is 13.2 Å². The molecule has 0 fully saturated rings. The minimum absolute atomic E-state index is 0.360. The Balaban J connectivity index is 1.92. The first kappa shape index (κ1) is 24.3. The highest BCUT2D eigenvalue weighted by molar-refractivity contribution is 6.76. The quantitative estimate of drug-likeness (QED) is 0.460. The first-order valence-electron chi connectivity index (χ1n) is 10.5. The van der Waals surface area contributed by atoms with Crippen molar-refractivity contribution in [2.24, 2.45) is 0 Å². The molecule has 2 aromatic rings. The van der Waals surface area contributed by atoms with E-state index < -0.39 is 19.8 Å². The number of imidazole rings is 1. The van der Waals surface area contributed by atoms with Gasteiger partial charge in [-0.05, 0) is 39.7 Å². The molecular formula is C20H34BN5O3Si. The summed E-state index contributed by atoms with van der Waals surface area (Å²) in [5, 5.41) is 2.78. The maximum Gasteiger partial charge on any atom is 0.407 e. The van der Waals surface area contributed by atoms with E-state index in [0.717, 1.165) is 31.1 Å². The van der Waals surface area contributed by atoms with Crippen molar-refractivity contribution in [3.63, 3.8) is 0 Å². The molecule has 2 rings (SSSR count). The van der Waals surface area contributed by atoms with Crippen LogP contribution < -0.4 is 10.9 Å². The monoisotopic (exact) mass is 431 g/mol. The number of carbonyl (C=O) groups excluding carboxylic acids is 1. The Morgan fingerprint density at radius 2 is 1.97 bits per heavy atom. The van der Waals surface area contributed by atoms with E-state index >= 15 is 0 Å². The minimum atomic E-state index is -1.15. The normalized spacial score (nSPS) is 12.3. The summed E-state index contributed by atoms with van der Waals surface area (Å²) < 4.78 is 13.1. The predicted octanol–water partition coefficient (Wildman–Crippen LogP) is 2.78. The summed E-state index contributed by atoms with van der Waals surface area (Å²) in [6, 6.07) is 1.10. The molecule has 0 aliphatic carbocycles. The lowest BCUT2D eigenvalue weighted by molar-refractivity contribution is 0.0527. The lowest BCUT2D eigenvalue weighted by Gasteiger charge is -2.19. The van der Waals surface area contributed by atoms with Crippen LogP contribution in [0.25, 0.3) is 11.3 Å². The van der Waals surface area contributed by atoms with E-state index in [0.29, 0.717) is 36.8 Å². The average Bonchev–Trinajstić information content (AvgIpc) is 2.93. The number of amides is 1. The summed E-state index contributed by atoms with van der Waals surface area (Å²) in [6.45, 7) is 14.1. The zero-order valence-electron chi connectivity index (χ0n) is 19.1. The lowest BCUT2D eigenvalue weighted by atomic mass is 10.1. The van der Waals surface area contributed by atoms with Crippen molar-refractivity contribution in [3.05, 3.63) is 12.0 Å². The molecule has 0 spiro atoms. The van der Waals surface area contributed by atoms with Crippen LogP contribution in [0.2, 0.25) is 25.7 Å². The lowest BCUT2D eigenvalue weighted by Crippen LogP contribution is -2.33. The molecule has 164 valence electrons. The molecular weight excluding hydrogens is 397 g/mol.